The Morgan fingerprint density at radius 3 is 2.32 bits per heavy atom. The summed E-state index contributed by atoms with van der Waals surface area (Å²) in [6, 6.07) is 28.1. The average molecular weight is 527 g/mol. The fraction of sp³-hybridized carbons (Fsp3) is 0.226. The summed E-state index contributed by atoms with van der Waals surface area (Å²) in [5.74, 6) is -1.27. The van der Waals surface area contributed by atoms with Gasteiger partial charge in [-0.25, -0.2) is 13.2 Å². The van der Waals surface area contributed by atoms with E-state index in [1.807, 2.05) is 24.3 Å². The maximum Gasteiger partial charge on any atom is 0.338 e. The fourth-order valence-electron chi connectivity index (χ4n) is 5.72. The molecule has 0 bridgehead atoms. The first kappa shape index (κ1) is 24.4. The van der Waals surface area contributed by atoms with E-state index >= 15 is 0 Å². The third-order valence-corrected chi connectivity index (χ3v) is 9.91. The highest BCUT2D eigenvalue weighted by atomic mass is 32.2. The lowest BCUT2D eigenvalue weighted by Crippen LogP contribution is -2.48. The third kappa shape index (κ3) is 3.80. The number of carbonyl (C=O) groups excluding carboxylic acids is 2. The maximum absolute atomic E-state index is 14.1. The molecule has 6 rings (SSSR count). The van der Waals surface area contributed by atoms with Crippen LogP contribution in [0, 0.1) is 0 Å². The highest BCUT2D eigenvalue weighted by Crippen LogP contribution is 2.46. The summed E-state index contributed by atoms with van der Waals surface area (Å²) in [4.78, 5) is 27.7. The quantitative estimate of drug-likeness (QED) is 0.197. The van der Waals surface area contributed by atoms with Crippen LogP contribution in [0.3, 0.4) is 0 Å². The van der Waals surface area contributed by atoms with Crippen molar-refractivity contribution in [3.63, 3.8) is 0 Å². The predicted molar refractivity (Wildman–Crippen MR) is 143 cm³/mol. The summed E-state index contributed by atoms with van der Waals surface area (Å²) in [5, 5.41) is 0.856. The molecule has 1 heterocycles. The molecule has 4 aromatic rings. The molecule has 1 saturated carbocycles. The molecule has 0 amide bonds. The van der Waals surface area contributed by atoms with Crippen LogP contribution in [0.1, 0.15) is 36.8 Å². The number of para-hydroxylation sites is 1. The van der Waals surface area contributed by atoms with Crippen molar-refractivity contribution in [3.05, 3.63) is 108 Å². The SMILES string of the molecule is O=C1Oc2ccccc2C1(C(=O)O[C@@H]1CCCC[C@H]1S(=O)(=O)c1ccc2ccccc2c1)c1ccccc1. The second-order valence-electron chi connectivity index (χ2n) is 9.82. The Balaban J connectivity index is 1.39. The van der Waals surface area contributed by atoms with Gasteiger partial charge in [0.15, 0.2) is 9.84 Å². The van der Waals surface area contributed by atoms with E-state index in [0.29, 0.717) is 36.1 Å². The lowest BCUT2D eigenvalue weighted by Gasteiger charge is -2.33. The monoisotopic (exact) mass is 526 g/mol. The van der Waals surface area contributed by atoms with Crippen molar-refractivity contribution < 1.29 is 27.5 Å². The summed E-state index contributed by atoms with van der Waals surface area (Å²) in [6.07, 6.45) is 1.30. The molecule has 1 aliphatic carbocycles. The highest BCUT2D eigenvalue weighted by molar-refractivity contribution is 7.92. The van der Waals surface area contributed by atoms with Gasteiger partial charge in [-0.05, 0) is 53.8 Å². The first-order valence-corrected chi connectivity index (χ1v) is 14.3. The van der Waals surface area contributed by atoms with Crippen molar-refractivity contribution >= 4 is 32.5 Å². The van der Waals surface area contributed by atoms with E-state index in [9.17, 15) is 18.0 Å². The van der Waals surface area contributed by atoms with Gasteiger partial charge in [0, 0.05) is 5.56 Å². The number of benzene rings is 4. The number of esters is 2. The second-order valence-corrected chi connectivity index (χ2v) is 12.0. The molecule has 0 spiro atoms. The summed E-state index contributed by atoms with van der Waals surface area (Å²) in [6.45, 7) is 0. The van der Waals surface area contributed by atoms with Crippen molar-refractivity contribution in [1.82, 2.24) is 0 Å². The lowest BCUT2D eigenvalue weighted by molar-refractivity contribution is -0.161. The number of carbonyl (C=O) groups is 2. The van der Waals surface area contributed by atoms with E-state index < -0.39 is 38.5 Å². The van der Waals surface area contributed by atoms with Gasteiger partial charge in [0.25, 0.3) is 0 Å². The van der Waals surface area contributed by atoms with Crippen LogP contribution in [0.15, 0.2) is 102 Å². The second kappa shape index (κ2) is 9.40. The molecule has 7 heteroatoms. The van der Waals surface area contributed by atoms with Gasteiger partial charge in [-0.15, -0.1) is 0 Å². The zero-order valence-corrected chi connectivity index (χ0v) is 21.4. The molecule has 38 heavy (non-hydrogen) atoms. The Hall–Kier alpha value is -3.97. The highest BCUT2D eigenvalue weighted by Gasteiger charge is 2.59. The molecule has 0 radical (unpaired) electrons. The first-order chi connectivity index (χ1) is 18.4. The zero-order valence-electron chi connectivity index (χ0n) is 20.6. The van der Waals surface area contributed by atoms with Crippen molar-refractivity contribution in [2.75, 3.05) is 0 Å². The summed E-state index contributed by atoms with van der Waals surface area (Å²) in [7, 11) is -3.82. The largest absolute Gasteiger partial charge is 0.460 e. The number of sulfone groups is 1. The molecule has 3 atom stereocenters. The van der Waals surface area contributed by atoms with Crippen molar-refractivity contribution in [2.45, 2.75) is 47.3 Å². The molecular weight excluding hydrogens is 500 g/mol. The van der Waals surface area contributed by atoms with E-state index in [4.69, 9.17) is 9.47 Å². The molecule has 192 valence electrons. The molecule has 1 fully saturated rings. The number of hydrogen-bond acceptors (Lipinski definition) is 6. The molecule has 1 unspecified atom stereocenters. The Labute approximate surface area is 221 Å². The van der Waals surface area contributed by atoms with Gasteiger partial charge in [0.2, 0.25) is 5.41 Å². The van der Waals surface area contributed by atoms with E-state index in [0.717, 1.165) is 17.2 Å². The fourth-order valence-corrected chi connectivity index (χ4v) is 7.69. The third-order valence-electron chi connectivity index (χ3n) is 7.66. The molecule has 1 aliphatic heterocycles. The molecule has 2 aliphatic rings. The number of hydrogen-bond donors (Lipinski definition) is 0. The van der Waals surface area contributed by atoms with Gasteiger partial charge in [-0.2, -0.15) is 0 Å². The Morgan fingerprint density at radius 1 is 0.816 bits per heavy atom. The minimum atomic E-state index is -3.82. The van der Waals surface area contributed by atoms with Gasteiger partial charge in [-0.3, -0.25) is 4.79 Å². The van der Waals surface area contributed by atoms with Gasteiger partial charge < -0.3 is 9.47 Å². The van der Waals surface area contributed by atoms with Gasteiger partial charge >= 0.3 is 11.9 Å². The Kier molecular flexibility index (Phi) is 6.03. The van der Waals surface area contributed by atoms with Crippen LogP contribution in [-0.2, 0) is 29.6 Å². The normalized spacial score (nSPS) is 23.0. The molecule has 0 N–H and O–H groups in total. The van der Waals surface area contributed by atoms with Crippen LogP contribution in [0.4, 0.5) is 0 Å². The number of ether oxygens (including phenoxy) is 2. The topological polar surface area (TPSA) is 86.7 Å². The van der Waals surface area contributed by atoms with Gasteiger partial charge in [0.1, 0.15) is 17.1 Å². The van der Waals surface area contributed by atoms with Crippen LogP contribution in [-0.4, -0.2) is 31.7 Å². The number of rotatable bonds is 5. The van der Waals surface area contributed by atoms with Crippen LogP contribution in [0.2, 0.25) is 0 Å². The zero-order chi connectivity index (χ0) is 26.3. The minimum absolute atomic E-state index is 0.201. The minimum Gasteiger partial charge on any atom is -0.460 e. The Bertz CT molecular complexity index is 1650. The van der Waals surface area contributed by atoms with E-state index in [1.165, 1.54) is 0 Å². The molecule has 6 nitrogen and oxygen atoms in total. The Morgan fingerprint density at radius 2 is 1.50 bits per heavy atom. The summed E-state index contributed by atoms with van der Waals surface area (Å²) in [5.41, 5.74) is -1.01. The summed E-state index contributed by atoms with van der Waals surface area (Å²) >= 11 is 0. The van der Waals surface area contributed by atoms with Gasteiger partial charge in [0.05, 0.1) is 4.90 Å². The molecule has 4 aromatic carbocycles. The van der Waals surface area contributed by atoms with E-state index in [-0.39, 0.29) is 4.90 Å². The van der Waals surface area contributed by atoms with Crippen molar-refractivity contribution in [1.29, 1.82) is 0 Å². The van der Waals surface area contributed by atoms with Crippen LogP contribution in [0.25, 0.3) is 10.8 Å². The lowest BCUT2D eigenvalue weighted by atomic mass is 9.75. The van der Waals surface area contributed by atoms with Crippen LogP contribution < -0.4 is 4.74 Å². The average Bonchev–Trinajstić information content (AvgIpc) is 3.26. The molecular formula is C31H26O6S. The number of fused-ring (bicyclic) bond motifs is 2. The van der Waals surface area contributed by atoms with Crippen molar-refractivity contribution in [3.8, 4) is 5.75 Å². The molecule has 0 saturated heterocycles. The van der Waals surface area contributed by atoms with E-state index in [1.54, 1.807) is 72.8 Å². The standard InChI is InChI=1S/C31H26O6S/c32-29-31(23-12-2-1-3-13-23,25-14-6-7-15-26(25)36-29)30(33)37-27-16-8-9-17-28(27)38(34,35)24-19-18-21-10-4-5-11-22(21)20-24/h1-7,10-15,18-20,27-28H,8-9,16-17H2/t27-,28-,31?/m1/s1. The predicted octanol–water partition coefficient (Wildman–Crippen LogP) is 5.37. The summed E-state index contributed by atoms with van der Waals surface area (Å²) < 4.78 is 39.3. The van der Waals surface area contributed by atoms with Crippen LogP contribution in [0.5, 0.6) is 5.75 Å². The first-order valence-electron chi connectivity index (χ1n) is 12.7. The van der Waals surface area contributed by atoms with Crippen LogP contribution >= 0.6 is 0 Å². The van der Waals surface area contributed by atoms with E-state index in [2.05, 4.69) is 0 Å². The maximum atomic E-state index is 14.1. The van der Waals surface area contributed by atoms with Gasteiger partial charge in [-0.1, -0.05) is 85.3 Å². The van der Waals surface area contributed by atoms with Crippen molar-refractivity contribution in [2.24, 2.45) is 0 Å². The smallest absolute Gasteiger partial charge is 0.338 e. The molecule has 0 aromatic heterocycles.